The second-order valence-corrected chi connectivity index (χ2v) is 8.99. The lowest BCUT2D eigenvalue weighted by Crippen LogP contribution is -2.37. The van der Waals surface area contributed by atoms with E-state index in [2.05, 4.69) is 34.3 Å². The number of aromatic nitrogens is 3. The van der Waals surface area contributed by atoms with E-state index in [1.54, 1.807) is 6.92 Å². The van der Waals surface area contributed by atoms with Gasteiger partial charge in [0.05, 0.1) is 18.4 Å². The highest BCUT2D eigenvalue weighted by Gasteiger charge is 2.16. The van der Waals surface area contributed by atoms with Crippen molar-refractivity contribution in [1.82, 2.24) is 19.5 Å². The molecule has 0 amide bonds. The minimum Gasteiger partial charge on any atom is -0.393 e. The zero-order chi connectivity index (χ0) is 22.8. The van der Waals surface area contributed by atoms with Gasteiger partial charge in [0.1, 0.15) is 0 Å². The van der Waals surface area contributed by atoms with Crippen molar-refractivity contribution in [2.45, 2.75) is 38.4 Å². The number of benzene rings is 2. The van der Waals surface area contributed by atoms with Crippen LogP contribution in [0.15, 0.2) is 67.1 Å². The Balaban J connectivity index is 1.31. The Kier molecular flexibility index (Phi) is 6.22. The molecule has 2 aromatic carbocycles. The fraction of sp³-hybridized carbons (Fsp3) is 0.333. The van der Waals surface area contributed by atoms with Crippen LogP contribution < -0.4 is 0 Å². The van der Waals surface area contributed by atoms with Crippen LogP contribution in [0, 0.1) is 0 Å². The van der Waals surface area contributed by atoms with Gasteiger partial charge in [-0.15, -0.1) is 0 Å². The van der Waals surface area contributed by atoms with E-state index in [4.69, 9.17) is 4.98 Å². The molecule has 0 aliphatic carbocycles. The van der Waals surface area contributed by atoms with Gasteiger partial charge in [0.25, 0.3) is 0 Å². The zero-order valence-corrected chi connectivity index (χ0v) is 18.9. The van der Waals surface area contributed by atoms with Gasteiger partial charge in [0.2, 0.25) is 0 Å². The number of hydrogen-bond acceptors (Lipinski definition) is 5. The molecule has 6 heteroatoms. The molecule has 1 saturated heterocycles. The Hall–Kier alpha value is -3.06. The summed E-state index contributed by atoms with van der Waals surface area (Å²) in [6, 6.07) is 16.6. The first kappa shape index (κ1) is 21.8. The summed E-state index contributed by atoms with van der Waals surface area (Å²) in [5.41, 5.74) is 7.07. The van der Waals surface area contributed by atoms with Gasteiger partial charge in [-0.1, -0.05) is 42.5 Å². The van der Waals surface area contributed by atoms with Crippen molar-refractivity contribution in [1.29, 1.82) is 0 Å². The third kappa shape index (κ3) is 4.83. The van der Waals surface area contributed by atoms with E-state index in [-0.39, 0.29) is 6.10 Å². The van der Waals surface area contributed by atoms with Gasteiger partial charge in [0, 0.05) is 43.2 Å². The van der Waals surface area contributed by atoms with Gasteiger partial charge in [0.15, 0.2) is 5.65 Å². The van der Waals surface area contributed by atoms with Crippen molar-refractivity contribution >= 4 is 5.65 Å². The average Bonchev–Trinajstić information content (AvgIpc) is 3.27. The minimum absolute atomic E-state index is 0.119. The highest BCUT2D eigenvalue weighted by atomic mass is 16.3. The van der Waals surface area contributed by atoms with E-state index >= 15 is 0 Å². The quantitative estimate of drug-likeness (QED) is 0.470. The Labute approximate surface area is 194 Å². The number of rotatable bonds is 6. The predicted octanol–water partition coefficient (Wildman–Crippen LogP) is 4.12. The van der Waals surface area contributed by atoms with Crippen LogP contribution in [0.4, 0.5) is 0 Å². The molecular formula is C27H30N4O2. The number of piperidine rings is 1. The molecule has 4 aromatic rings. The summed E-state index contributed by atoms with van der Waals surface area (Å²) in [5, 5.41) is 24.1. The largest absolute Gasteiger partial charge is 0.393 e. The standard InChI is InChI=1S/C27H30N4O2/c1-19(32)22-3-2-4-23(15-22)26-17-29-31-18-24(16-28-27(26)31)21-7-5-20(6-8-21)9-12-30-13-10-25(33)11-14-30/h2-8,15-19,25,32-33H,9-14H2,1H3. The van der Waals surface area contributed by atoms with Gasteiger partial charge >= 0.3 is 0 Å². The molecule has 0 radical (unpaired) electrons. The molecule has 5 rings (SSSR count). The molecule has 1 unspecified atom stereocenters. The maximum absolute atomic E-state index is 9.90. The van der Waals surface area contributed by atoms with E-state index in [0.717, 1.165) is 72.4 Å². The summed E-state index contributed by atoms with van der Waals surface area (Å²) in [6.45, 7) is 4.77. The Morgan fingerprint density at radius 1 is 1.00 bits per heavy atom. The van der Waals surface area contributed by atoms with Gasteiger partial charge in [-0.3, -0.25) is 0 Å². The summed E-state index contributed by atoms with van der Waals surface area (Å²) in [7, 11) is 0. The van der Waals surface area contributed by atoms with Gasteiger partial charge in [-0.05, 0) is 54.5 Å². The second-order valence-electron chi connectivity index (χ2n) is 8.99. The fourth-order valence-electron chi connectivity index (χ4n) is 4.49. The molecule has 6 nitrogen and oxygen atoms in total. The van der Waals surface area contributed by atoms with Crippen molar-refractivity contribution in [2.75, 3.05) is 19.6 Å². The lowest BCUT2D eigenvalue weighted by Gasteiger charge is -2.29. The molecular weight excluding hydrogens is 412 g/mol. The SMILES string of the molecule is CC(O)c1cccc(-c2cnn3cc(-c4ccc(CCN5CCC(O)CC5)cc4)cnc23)c1. The van der Waals surface area contributed by atoms with Gasteiger partial charge in [-0.2, -0.15) is 5.10 Å². The molecule has 1 fully saturated rings. The Bertz CT molecular complexity index is 1220. The number of nitrogens with zero attached hydrogens (tertiary/aromatic N) is 4. The van der Waals surface area contributed by atoms with E-state index in [1.165, 1.54) is 5.56 Å². The van der Waals surface area contributed by atoms with Crippen LogP contribution in [0.3, 0.4) is 0 Å². The van der Waals surface area contributed by atoms with E-state index in [9.17, 15) is 10.2 Å². The Morgan fingerprint density at radius 2 is 1.79 bits per heavy atom. The first-order valence-corrected chi connectivity index (χ1v) is 11.7. The third-order valence-electron chi connectivity index (χ3n) is 6.60. The fourth-order valence-corrected chi connectivity index (χ4v) is 4.49. The number of fused-ring (bicyclic) bond motifs is 1. The van der Waals surface area contributed by atoms with E-state index in [0.29, 0.717) is 0 Å². The normalized spacial score (nSPS) is 16.3. The van der Waals surface area contributed by atoms with Crippen LogP contribution in [0.1, 0.15) is 37.0 Å². The molecule has 0 saturated carbocycles. The maximum atomic E-state index is 9.90. The first-order valence-electron chi connectivity index (χ1n) is 11.7. The molecule has 1 aliphatic heterocycles. The van der Waals surface area contributed by atoms with Crippen LogP contribution in [0.2, 0.25) is 0 Å². The van der Waals surface area contributed by atoms with Crippen LogP contribution in [-0.2, 0) is 6.42 Å². The molecule has 3 heterocycles. The van der Waals surface area contributed by atoms with Crippen molar-refractivity contribution in [3.63, 3.8) is 0 Å². The topological polar surface area (TPSA) is 73.9 Å². The van der Waals surface area contributed by atoms with Crippen molar-refractivity contribution < 1.29 is 10.2 Å². The predicted molar refractivity (Wildman–Crippen MR) is 130 cm³/mol. The third-order valence-corrected chi connectivity index (χ3v) is 6.60. The first-order chi connectivity index (χ1) is 16.1. The molecule has 2 N–H and O–H groups in total. The molecule has 33 heavy (non-hydrogen) atoms. The monoisotopic (exact) mass is 442 g/mol. The summed E-state index contributed by atoms with van der Waals surface area (Å²) in [6.07, 6.45) is 7.89. The lowest BCUT2D eigenvalue weighted by atomic mass is 10.0. The molecule has 0 spiro atoms. The summed E-state index contributed by atoms with van der Waals surface area (Å²) < 4.78 is 1.82. The number of likely N-dealkylation sites (tertiary alicyclic amines) is 1. The Morgan fingerprint density at radius 3 is 2.55 bits per heavy atom. The lowest BCUT2D eigenvalue weighted by molar-refractivity contribution is 0.0832. The maximum Gasteiger partial charge on any atom is 0.162 e. The highest BCUT2D eigenvalue weighted by molar-refractivity contribution is 5.78. The van der Waals surface area contributed by atoms with Crippen molar-refractivity contribution in [3.05, 3.63) is 78.2 Å². The average molecular weight is 443 g/mol. The van der Waals surface area contributed by atoms with Crippen LogP contribution in [-0.4, -0.2) is 55.4 Å². The molecule has 1 atom stereocenters. The van der Waals surface area contributed by atoms with E-state index in [1.807, 2.05) is 47.4 Å². The number of hydrogen-bond donors (Lipinski definition) is 2. The number of aliphatic hydroxyl groups is 2. The molecule has 2 aromatic heterocycles. The zero-order valence-electron chi connectivity index (χ0n) is 18.9. The van der Waals surface area contributed by atoms with Gasteiger partial charge in [-0.25, -0.2) is 9.50 Å². The molecule has 0 bridgehead atoms. The summed E-state index contributed by atoms with van der Waals surface area (Å²) in [5.74, 6) is 0. The van der Waals surface area contributed by atoms with Crippen molar-refractivity contribution in [2.24, 2.45) is 0 Å². The highest BCUT2D eigenvalue weighted by Crippen LogP contribution is 2.28. The number of aliphatic hydroxyl groups excluding tert-OH is 2. The smallest absolute Gasteiger partial charge is 0.162 e. The summed E-state index contributed by atoms with van der Waals surface area (Å²) in [4.78, 5) is 7.14. The van der Waals surface area contributed by atoms with E-state index < -0.39 is 6.10 Å². The van der Waals surface area contributed by atoms with Crippen LogP contribution in [0.5, 0.6) is 0 Å². The second kappa shape index (κ2) is 9.43. The van der Waals surface area contributed by atoms with Crippen LogP contribution >= 0.6 is 0 Å². The minimum atomic E-state index is -0.512. The molecule has 170 valence electrons. The molecule has 1 aliphatic rings. The van der Waals surface area contributed by atoms with Crippen molar-refractivity contribution in [3.8, 4) is 22.3 Å². The summed E-state index contributed by atoms with van der Waals surface area (Å²) >= 11 is 0. The van der Waals surface area contributed by atoms with Crippen LogP contribution in [0.25, 0.3) is 27.9 Å². The van der Waals surface area contributed by atoms with Gasteiger partial charge < -0.3 is 15.1 Å².